The molecule has 19 heavy (non-hydrogen) atoms. The molecule has 0 saturated heterocycles. The minimum absolute atomic E-state index is 0.570. The van der Waals surface area contributed by atoms with E-state index in [0.29, 0.717) is 6.04 Å². The molecule has 1 unspecified atom stereocenters. The minimum Gasteiger partial charge on any atom is -0.314 e. The van der Waals surface area contributed by atoms with E-state index in [4.69, 9.17) is 0 Å². The number of hydrogen-bond acceptors (Lipinski definition) is 1. The van der Waals surface area contributed by atoms with Gasteiger partial charge in [0.15, 0.2) is 0 Å². The van der Waals surface area contributed by atoms with Crippen LogP contribution in [0.2, 0.25) is 0 Å². The zero-order chi connectivity index (χ0) is 13.7. The summed E-state index contributed by atoms with van der Waals surface area (Å²) in [5.74, 6) is 1.86. The molecule has 0 aromatic heterocycles. The van der Waals surface area contributed by atoms with E-state index in [2.05, 4.69) is 59.4 Å². The fourth-order valence-electron chi connectivity index (χ4n) is 2.95. The highest BCUT2D eigenvalue weighted by Crippen LogP contribution is 2.27. The van der Waals surface area contributed by atoms with Crippen molar-refractivity contribution in [2.45, 2.75) is 52.0 Å². The summed E-state index contributed by atoms with van der Waals surface area (Å²) in [6.45, 7) is 5.89. The number of halogens is 1. The van der Waals surface area contributed by atoms with E-state index in [-0.39, 0.29) is 0 Å². The van der Waals surface area contributed by atoms with Crippen LogP contribution in [0.1, 0.15) is 45.1 Å². The van der Waals surface area contributed by atoms with Crippen molar-refractivity contribution in [1.29, 1.82) is 0 Å². The first-order valence-corrected chi connectivity index (χ1v) is 8.40. The molecule has 1 aromatic carbocycles. The van der Waals surface area contributed by atoms with E-state index in [9.17, 15) is 0 Å². The van der Waals surface area contributed by atoms with Crippen molar-refractivity contribution in [3.8, 4) is 0 Å². The Hall–Kier alpha value is -0.340. The summed E-state index contributed by atoms with van der Waals surface area (Å²) in [7, 11) is 0. The van der Waals surface area contributed by atoms with Gasteiger partial charge in [-0.05, 0) is 62.3 Å². The summed E-state index contributed by atoms with van der Waals surface area (Å²) in [5, 5.41) is 3.72. The minimum atomic E-state index is 0.570. The monoisotopic (exact) mass is 323 g/mol. The lowest BCUT2D eigenvalue weighted by Gasteiger charge is -2.27. The highest BCUT2D eigenvalue weighted by atomic mass is 79.9. The molecule has 106 valence electrons. The van der Waals surface area contributed by atoms with Crippen LogP contribution in [-0.4, -0.2) is 12.6 Å². The quantitative estimate of drug-likeness (QED) is 0.821. The van der Waals surface area contributed by atoms with Crippen LogP contribution in [0.4, 0.5) is 0 Å². The van der Waals surface area contributed by atoms with E-state index in [0.717, 1.165) is 22.7 Å². The largest absolute Gasteiger partial charge is 0.314 e. The Morgan fingerprint density at radius 1 is 1.16 bits per heavy atom. The zero-order valence-electron chi connectivity index (χ0n) is 12.2. The second-order valence-electron chi connectivity index (χ2n) is 6.27. The lowest BCUT2D eigenvalue weighted by atomic mass is 9.83. The first-order chi connectivity index (χ1) is 9.13. The van der Waals surface area contributed by atoms with E-state index in [1.807, 2.05) is 0 Å². The van der Waals surface area contributed by atoms with Gasteiger partial charge in [0.1, 0.15) is 0 Å². The molecule has 0 bridgehead atoms. The van der Waals surface area contributed by atoms with Crippen LogP contribution < -0.4 is 5.32 Å². The van der Waals surface area contributed by atoms with Gasteiger partial charge in [-0.25, -0.2) is 0 Å². The van der Waals surface area contributed by atoms with Crippen LogP contribution in [0.5, 0.6) is 0 Å². The number of nitrogens with one attached hydrogen (secondary N) is 1. The molecule has 1 nitrogen and oxygen atoms in total. The molecule has 1 fully saturated rings. The van der Waals surface area contributed by atoms with Gasteiger partial charge in [0.2, 0.25) is 0 Å². The molecule has 0 radical (unpaired) electrons. The average Bonchev–Trinajstić information content (AvgIpc) is 2.41. The highest BCUT2D eigenvalue weighted by Gasteiger charge is 2.18. The number of benzene rings is 1. The van der Waals surface area contributed by atoms with Gasteiger partial charge in [-0.15, -0.1) is 0 Å². The van der Waals surface area contributed by atoms with Crippen LogP contribution in [-0.2, 0) is 6.42 Å². The van der Waals surface area contributed by atoms with Crippen LogP contribution in [0, 0.1) is 11.8 Å². The topological polar surface area (TPSA) is 12.0 Å². The van der Waals surface area contributed by atoms with Crippen molar-refractivity contribution in [1.82, 2.24) is 5.32 Å². The molecule has 1 atom stereocenters. The third-order valence-corrected chi connectivity index (χ3v) is 4.87. The second-order valence-corrected chi connectivity index (χ2v) is 7.18. The molecule has 1 aliphatic carbocycles. The lowest BCUT2D eigenvalue weighted by Crippen LogP contribution is -2.34. The third-order valence-electron chi connectivity index (χ3n) is 4.35. The fourth-order valence-corrected chi connectivity index (χ4v) is 3.21. The van der Waals surface area contributed by atoms with Crippen LogP contribution >= 0.6 is 15.9 Å². The fraction of sp³-hybridized carbons (Fsp3) is 0.647. The van der Waals surface area contributed by atoms with Crippen LogP contribution in [0.25, 0.3) is 0 Å². The summed E-state index contributed by atoms with van der Waals surface area (Å²) in [5.41, 5.74) is 1.42. The SMILES string of the molecule is CC1CCC(CNC(C)Cc2ccc(Br)cc2)CC1. The molecule has 0 spiro atoms. The van der Waals surface area contributed by atoms with Gasteiger partial charge in [-0.2, -0.15) is 0 Å². The van der Waals surface area contributed by atoms with Gasteiger partial charge in [-0.1, -0.05) is 47.8 Å². The molecule has 2 rings (SSSR count). The highest BCUT2D eigenvalue weighted by molar-refractivity contribution is 9.10. The van der Waals surface area contributed by atoms with Crippen molar-refractivity contribution in [3.05, 3.63) is 34.3 Å². The number of rotatable bonds is 5. The van der Waals surface area contributed by atoms with Gasteiger partial charge < -0.3 is 5.32 Å². The van der Waals surface area contributed by atoms with Crippen molar-refractivity contribution in [2.75, 3.05) is 6.54 Å². The predicted molar refractivity (Wildman–Crippen MR) is 86.4 cm³/mol. The third kappa shape index (κ3) is 5.27. The Labute approximate surface area is 126 Å². The average molecular weight is 324 g/mol. The molecule has 2 heteroatoms. The van der Waals surface area contributed by atoms with E-state index in [1.165, 1.54) is 37.8 Å². The maximum absolute atomic E-state index is 3.72. The molecule has 0 amide bonds. The van der Waals surface area contributed by atoms with Crippen molar-refractivity contribution in [2.24, 2.45) is 11.8 Å². The van der Waals surface area contributed by atoms with Gasteiger partial charge >= 0.3 is 0 Å². The smallest absolute Gasteiger partial charge is 0.0175 e. The summed E-state index contributed by atoms with van der Waals surface area (Å²) < 4.78 is 1.16. The Kier molecular flexibility index (Phi) is 5.90. The van der Waals surface area contributed by atoms with Gasteiger partial charge in [0.05, 0.1) is 0 Å². The molecule has 1 aliphatic rings. The molecular weight excluding hydrogens is 298 g/mol. The summed E-state index contributed by atoms with van der Waals surface area (Å²) in [4.78, 5) is 0. The van der Waals surface area contributed by atoms with Crippen LogP contribution in [0.3, 0.4) is 0 Å². The Morgan fingerprint density at radius 2 is 1.79 bits per heavy atom. The van der Waals surface area contributed by atoms with Crippen LogP contribution in [0.15, 0.2) is 28.7 Å². The molecule has 0 heterocycles. The molecule has 1 aromatic rings. The second kappa shape index (κ2) is 7.44. The summed E-state index contributed by atoms with van der Waals surface area (Å²) in [6.07, 6.45) is 6.80. The molecule has 0 aliphatic heterocycles. The zero-order valence-corrected chi connectivity index (χ0v) is 13.7. The van der Waals surface area contributed by atoms with Crippen molar-refractivity contribution >= 4 is 15.9 Å². The molecular formula is C17H26BrN. The predicted octanol–water partition coefficient (Wildman–Crippen LogP) is 4.80. The first-order valence-electron chi connectivity index (χ1n) is 7.61. The van der Waals surface area contributed by atoms with Crippen molar-refractivity contribution < 1.29 is 0 Å². The standard InChI is InChI=1S/C17H26BrN/c1-13-3-5-16(6-4-13)12-19-14(2)11-15-7-9-17(18)10-8-15/h7-10,13-14,16,19H,3-6,11-12H2,1-2H3. The first kappa shape index (κ1) is 15.1. The van der Waals surface area contributed by atoms with Gasteiger partial charge in [0, 0.05) is 10.5 Å². The number of hydrogen-bond donors (Lipinski definition) is 1. The Morgan fingerprint density at radius 3 is 2.42 bits per heavy atom. The van der Waals surface area contributed by atoms with E-state index < -0.39 is 0 Å². The van der Waals surface area contributed by atoms with Gasteiger partial charge in [-0.3, -0.25) is 0 Å². The Bertz CT molecular complexity index is 365. The summed E-state index contributed by atoms with van der Waals surface area (Å²) in [6, 6.07) is 9.25. The van der Waals surface area contributed by atoms with E-state index in [1.54, 1.807) is 0 Å². The normalized spacial score (nSPS) is 25.2. The summed E-state index contributed by atoms with van der Waals surface area (Å²) >= 11 is 3.48. The van der Waals surface area contributed by atoms with Crippen molar-refractivity contribution in [3.63, 3.8) is 0 Å². The lowest BCUT2D eigenvalue weighted by molar-refractivity contribution is 0.275. The maximum atomic E-state index is 3.72. The van der Waals surface area contributed by atoms with Gasteiger partial charge in [0.25, 0.3) is 0 Å². The Balaban J connectivity index is 1.69. The van der Waals surface area contributed by atoms with E-state index >= 15 is 0 Å². The molecule has 1 N–H and O–H groups in total. The maximum Gasteiger partial charge on any atom is 0.0175 e. The molecule has 1 saturated carbocycles.